The van der Waals surface area contributed by atoms with E-state index in [1.54, 1.807) is 0 Å². The van der Waals surface area contributed by atoms with E-state index in [1.165, 1.54) is 0 Å². The van der Waals surface area contributed by atoms with Crippen molar-refractivity contribution < 1.29 is 4.74 Å². The molecule has 3 heteroatoms. The van der Waals surface area contributed by atoms with Crippen LogP contribution in [0, 0.1) is 11.3 Å². The predicted molar refractivity (Wildman–Crippen MR) is 70.0 cm³/mol. The third-order valence-electron chi connectivity index (χ3n) is 2.34. The Morgan fingerprint density at radius 3 is 2.88 bits per heavy atom. The minimum atomic E-state index is 0.315. The molecular formula is C14H20N2O. The minimum Gasteiger partial charge on any atom is -0.385 e. The number of hydrogen-bond acceptors (Lipinski definition) is 3. The van der Waals surface area contributed by atoms with Crippen molar-refractivity contribution in [1.82, 2.24) is 0 Å². The molecule has 0 bridgehead atoms. The van der Waals surface area contributed by atoms with Crippen LogP contribution in [0.2, 0.25) is 0 Å². The standard InChI is InChI=1S/C14H20N2O/c1-12(2)17-9-4-3-8-16-14-7-5-6-13(10-14)11-15/h5-7,10,12,16H,3-4,8-9H2,1-2H3. The number of ether oxygens (including phenoxy) is 1. The molecule has 0 aliphatic heterocycles. The lowest BCUT2D eigenvalue weighted by Crippen LogP contribution is -2.07. The molecule has 1 rings (SSSR count). The summed E-state index contributed by atoms with van der Waals surface area (Å²) in [6.07, 6.45) is 2.45. The Balaban J connectivity index is 2.16. The Hall–Kier alpha value is -1.53. The van der Waals surface area contributed by atoms with Gasteiger partial charge in [0.05, 0.1) is 17.7 Å². The first kappa shape index (κ1) is 13.5. The molecule has 17 heavy (non-hydrogen) atoms. The number of nitrogens with zero attached hydrogens (tertiary/aromatic N) is 1. The van der Waals surface area contributed by atoms with Crippen LogP contribution in [0.3, 0.4) is 0 Å². The fourth-order valence-electron chi connectivity index (χ4n) is 1.48. The first-order chi connectivity index (χ1) is 8.22. The van der Waals surface area contributed by atoms with Gasteiger partial charge in [0.25, 0.3) is 0 Å². The van der Waals surface area contributed by atoms with Gasteiger partial charge in [0.2, 0.25) is 0 Å². The molecule has 1 aromatic carbocycles. The smallest absolute Gasteiger partial charge is 0.0992 e. The Morgan fingerprint density at radius 2 is 2.18 bits per heavy atom. The predicted octanol–water partition coefficient (Wildman–Crippen LogP) is 3.18. The molecule has 0 aliphatic carbocycles. The molecule has 3 nitrogen and oxygen atoms in total. The molecule has 0 saturated heterocycles. The van der Waals surface area contributed by atoms with Gasteiger partial charge >= 0.3 is 0 Å². The average molecular weight is 232 g/mol. The maximum atomic E-state index is 8.76. The van der Waals surface area contributed by atoms with E-state index in [-0.39, 0.29) is 0 Å². The monoisotopic (exact) mass is 232 g/mol. The first-order valence-electron chi connectivity index (χ1n) is 6.08. The number of nitrogens with one attached hydrogen (secondary N) is 1. The van der Waals surface area contributed by atoms with Crippen molar-refractivity contribution in [2.45, 2.75) is 32.8 Å². The first-order valence-corrected chi connectivity index (χ1v) is 6.08. The van der Waals surface area contributed by atoms with Crippen LogP contribution in [0.1, 0.15) is 32.3 Å². The summed E-state index contributed by atoms with van der Waals surface area (Å²) in [5.41, 5.74) is 1.70. The highest BCUT2D eigenvalue weighted by atomic mass is 16.5. The number of hydrogen-bond donors (Lipinski definition) is 1. The van der Waals surface area contributed by atoms with Gasteiger partial charge in [-0.1, -0.05) is 6.07 Å². The molecule has 0 unspecified atom stereocenters. The molecule has 1 aromatic rings. The van der Waals surface area contributed by atoms with Gasteiger partial charge in [0.1, 0.15) is 0 Å². The van der Waals surface area contributed by atoms with Crippen molar-refractivity contribution in [3.8, 4) is 6.07 Å². The van der Waals surface area contributed by atoms with E-state index >= 15 is 0 Å². The Morgan fingerprint density at radius 1 is 1.35 bits per heavy atom. The van der Waals surface area contributed by atoms with Gasteiger partial charge in [-0.05, 0) is 44.9 Å². The van der Waals surface area contributed by atoms with Crippen molar-refractivity contribution >= 4 is 5.69 Å². The molecule has 0 aromatic heterocycles. The summed E-state index contributed by atoms with van der Waals surface area (Å²) < 4.78 is 5.46. The summed E-state index contributed by atoms with van der Waals surface area (Å²) in [6, 6.07) is 9.67. The van der Waals surface area contributed by atoms with Crippen LogP contribution in [-0.4, -0.2) is 19.3 Å². The van der Waals surface area contributed by atoms with E-state index in [1.807, 2.05) is 38.1 Å². The Labute approximate surface area is 103 Å². The fraction of sp³-hybridized carbons (Fsp3) is 0.500. The lowest BCUT2D eigenvalue weighted by atomic mass is 10.2. The van der Waals surface area contributed by atoms with Crippen molar-refractivity contribution in [3.05, 3.63) is 29.8 Å². The average Bonchev–Trinajstić information content (AvgIpc) is 2.33. The molecule has 0 aliphatic rings. The van der Waals surface area contributed by atoms with Gasteiger partial charge in [0, 0.05) is 18.8 Å². The second kappa shape index (κ2) is 7.70. The molecule has 0 amide bonds. The molecule has 0 atom stereocenters. The largest absolute Gasteiger partial charge is 0.385 e. The summed E-state index contributed by atoms with van der Waals surface area (Å²) in [5, 5.41) is 12.1. The van der Waals surface area contributed by atoms with Gasteiger partial charge in [-0.3, -0.25) is 0 Å². The maximum Gasteiger partial charge on any atom is 0.0992 e. The van der Waals surface area contributed by atoms with E-state index < -0.39 is 0 Å². The highest BCUT2D eigenvalue weighted by Gasteiger charge is 1.95. The molecule has 0 fully saturated rings. The van der Waals surface area contributed by atoms with E-state index in [0.29, 0.717) is 11.7 Å². The van der Waals surface area contributed by atoms with Gasteiger partial charge in [-0.25, -0.2) is 0 Å². The van der Waals surface area contributed by atoms with Crippen molar-refractivity contribution in [2.24, 2.45) is 0 Å². The van der Waals surface area contributed by atoms with Crippen LogP contribution in [0.25, 0.3) is 0 Å². The van der Waals surface area contributed by atoms with Crippen molar-refractivity contribution in [1.29, 1.82) is 5.26 Å². The molecule has 92 valence electrons. The SMILES string of the molecule is CC(C)OCCCCNc1cccc(C#N)c1. The van der Waals surface area contributed by atoms with Crippen LogP contribution >= 0.6 is 0 Å². The van der Waals surface area contributed by atoms with Crippen molar-refractivity contribution in [2.75, 3.05) is 18.5 Å². The lowest BCUT2D eigenvalue weighted by Gasteiger charge is -2.08. The molecule has 0 heterocycles. The second-order valence-corrected chi connectivity index (χ2v) is 4.25. The number of nitriles is 1. The molecule has 0 radical (unpaired) electrons. The molecule has 0 spiro atoms. The van der Waals surface area contributed by atoms with Gasteiger partial charge in [-0.2, -0.15) is 5.26 Å². The van der Waals surface area contributed by atoms with E-state index in [2.05, 4.69) is 11.4 Å². The minimum absolute atomic E-state index is 0.315. The zero-order chi connectivity index (χ0) is 12.5. The topological polar surface area (TPSA) is 45.0 Å². The Bertz CT molecular complexity index is 369. The third-order valence-corrected chi connectivity index (χ3v) is 2.34. The normalized spacial score (nSPS) is 10.2. The van der Waals surface area contributed by atoms with Crippen molar-refractivity contribution in [3.63, 3.8) is 0 Å². The zero-order valence-electron chi connectivity index (χ0n) is 10.6. The van der Waals surface area contributed by atoms with Crippen LogP contribution in [0.15, 0.2) is 24.3 Å². The second-order valence-electron chi connectivity index (χ2n) is 4.25. The van der Waals surface area contributed by atoms with Crippen LogP contribution < -0.4 is 5.32 Å². The summed E-state index contributed by atoms with van der Waals surface area (Å²) >= 11 is 0. The van der Waals surface area contributed by atoms with E-state index in [4.69, 9.17) is 10.00 Å². The Kier molecular flexibility index (Phi) is 6.13. The number of rotatable bonds is 7. The summed E-state index contributed by atoms with van der Waals surface area (Å²) in [5.74, 6) is 0. The highest BCUT2D eigenvalue weighted by Crippen LogP contribution is 2.09. The number of benzene rings is 1. The van der Waals surface area contributed by atoms with Gasteiger partial charge < -0.3 is 10.1 Å². The molecule has 1 N–H and O–H groups in total. The lowest BCUT2D eigenvalue weighted by molar-refractivity contribution is 0.0765. The van der Waals surface area contributed by atoms with Gasteiger partial charge in [0.15, 0.2) is 0 Å². The summed E-state index contributed by atoms with van der Waals surface area (Å²) in [7, 11) is 0. The van der Waals surface area contributed by atoms with Crippen LogP contribution in [0.4, 0.5) is 5.69 Å². The van der Waals surface area contributed by atoms with E-state index in [9.17, 15) is 0 Å². The highest BCUT2D eigenvalue weighted by molar-refractivity contribution is 5.48. The number of unbranched alkanes of at least 4 members (excludes halogenated alkanes) is 1. The van der Waals surface area contributed by atoms with Crippen LogP contribution in [-0.2, 0) is 4.74 Å². The number of anilines is 1. The summed E-state index contributed by atoms with van der Waals surface area (Å²) in [6.45, 7) is 5.82. The van der Waals surface area contributed by atoms with Crippen LogP contribution in [0.5, 0.6) is 0 Å². The third kappa shape index (κ3) is 5.94. The van der Waals surface area contributed by atoms with E-state index in [0.717, 1.165) is 31.7 Å². The molecular weight excluding hydrogens is 212 g/mol. The zero-order valence-corrected chi connectivity index (χ0v) is 10.6. The maximum absolute atomic E-state index is 8.76. The summed E-state index contributed by atoms with van der Waals surface area (Å²) in [4.78, 5) is 0. The molecule has 0 saturated carbocycles. The van der Waals surface area contributed by atoms with Gasteiger partial charge in [-0.15, -0.1) is 0 Å². The quantitative estimate of drug-likeness (QED) is 0.734. The fourth-order valence-corrected chi connectivity index (χ4v) is 1.48.